The van der Waals surface area contributed by atoms with Crippen LogP contribution in [0.15, 0.2) is 68.0 Å². The Morgan fingerprint density at radius 2 is 1.17 bits per heavy atom. The van der Waals surface area contributed by atoms with Gasteiger partial charge < -0.3 is 15.5 Å². The lowest BCUT2D eigenvalue weighted by atomic mass is 10.2. The van der Waals surface area contributed by atoms with E-state index in [2.05, 4.69) is 112 Å². The number of hydrogen-bond acceptors (Lipinski definition) is 4. The van der Waals surface area contributed by atoms with Gasteiger partial charge in [0.25, 0.3) is 0 Å². The molecule has 2 fully saturated rings. The Bertz CT molecular complexity index is 1470. The first-order valence-electron chi connectivity index (χ1n) is 14.4. The van der Waals surface area contributed by atoms with E-state index in [1.54, 1.807) is 0 Å². The van der Waals surface area contributed by atoms with Gasteiger partial charge in [0.15, 0.2) is 0 Å². The van der Waals surface area contributed by atoms with Crippen molar-refractivity contribution in [2.24, 2.45) is 0 Å². The van der Waals surface area contributed by atoms with Crippen LogP contribution in [-0.4, -0.2) is 50.0 Å². The lowest BCUT2D eigenvalue weighted by Crippen LogP contribution is -2.27. The third kappa shape index (κ3) is 14.4. The molecule has 3 aromatic carbocycles. The largest absolute Gasteiger partial charge is 0.399 e. The van der Waals surface area contributed by atoms with Crippen LogP contribution in [0.3, 0.4) is 0 Å². The number of nitrogens with zero attached hydrogens (tertiary/aromatic N) is 2. The van der Waals surface area contributed by atoms with Crippen molar-refractivity contribution in [2.75, 3.05) is 34.0 Å². The van der Waals surface area contributed by atoms with Crippen LogP contribution in [0.25, 0.3) is 0 Å². The Morgan fingerprint density at radius 3 is 1.42 bits per heavy atom. The van der Waals surface area contributed by atoms with Crippen LogP contribution in [0.5, 0.6) is 0 Å². The molecule has 0 spiro atoms. The summed E-state index contributed by atoms with van der Waals surface area (Å²) in [5.74, 6) is 0.327. The third-order valence-electron chi connectivity index (χ3n) is 6.98. The predicted octanol–water partition coefficient (Wildman–Crippen LogP) is 11.8. The molecular formula is C34H39Br7ClN3O3. The second-order valence-corrected chi connectivity index (χ2v) is 17.7. The van der Waals surface area contributed by atoms with Gasteiger partial charge in [0.05, 0.1) is 14.5 Å². The minimum absolute atomic E-state index is 0. The first-order valence-corrected chi connectivity index (χ1v) is 21.0. The number of carbonyl (C=O) groups excluding carboxylic acids is 3. The highest BCUT2D eigenvalue weighted by atomic mass is 79.9. The number of hydrogen-bond donors (Lipinski definition) is 1. The van der Waals surface area contributed by atoms with E-state index in [9.17, 15) is 14.4 Å². The van der Waals surface area contributed by atoms with Gasteiger partial charge in [0.2, 0.25) is 17.1 Å². The van der Waals surface area contributed by atoms with Gasteiger partial charge in [0, 0.05) is 48.9 Å². The first kappa shape index (κ1) is 45.7. The Balaban J connectivity index is 0.000000330. The maximum Gasteiger partial charge on any atom is 0.240 e. The third-order valence-corrected chi connectivity index (χ3v) is 13.2. The monoisotopic (exact) mass is 1120 g/mol. The molecule has 0 bridgehead atoms. The number of amides is 2. The topological polar surface area (TPSA) is 83.7 Å². The number of nitrogen functional groups attached to an aromatic ring is 1. The van der Waals surface area contributed by atoms with Crippen molar-refractivity contribution >= 4 is 157 Å². The molecule has 2 saturated heterocycles. The summed E-state index contributed by atoms with van der Waals surface area (Å²) < 4.78 is 3.26. The van der Waals surface area contributed by atoms with Crippen molar-refractivity contribution in [1.82, 2.24) is 0 Å². The SMILES string of the molecule is C.Cc1cc(N)ccc1Br.Cc1cc(N2CCC(Br)C2=O)ccc1Br.Cc1cc(N2CCC(Br)C2=O)ccc1Br.O=C(Cl)C(Br)CCBr. The summed E-state index contributed by atoms with van der Waals surface area (Å²) in [6, 6.07) is 17.7. The molecule has 0 aromatic heterocycles. The van der Waals surface area contributed by atoms with Gasteiger partial charge in [-0.1, -0.05) is 119 Å². The van der Waals surface area contributed by atoms with Crippen molar-refractivity contribution in [2.45, 2.75) is 61.9 Å². The Morgan fingerprint density at radius 1 is 0.792 bits per heavy atom. The highest BCUT2D eigenvalue weighted by Gasteiger charge is 2.31. The average molecular weight is 1130 g/mol. The Labute approximate surface area is 348 Å². The second-order valence-electron chi connectivity index (χ2n) is 10.6. The van der Waals surface area contributed by atoms with Gasteiger partial charge in [-0.3, -0.25) is 14.4 Å². The van der Waals surface area contributed by atoms with E-state index in [4.69, 9.17) is 17.3 Å². The van der Waals surface area contributed by atoms with E-state index in [0.29, 0.717) is 0 Å². The molecule has 3 atom stereocenters. The number of halogens is 8. The normalized spacial score (nSPS) is 17.2. The van der Waals surface area contributed by atoms with Crippen molar-refractivity contribution < 1.29 is 14.4 Å². The van der Waals surface area contributed by atoms with Crippen molar-refractivity contribution in [3.63, 3.8) is 0 Å². The lowest BCUT2D eigenvalue weighted by Gasteiger charge is -2.16. The highest BCUT2D eigenvalue weighted by Crippen LogP contribution is 2.30. The zero-order valence-corrected chi connectivity index (χ0v) is 37.7. The zero-order valence-electron chi connectivity index (χ0n) is 25.9. The molecule has 0 saturated carbocycles. The number of benzene rings is 3. The molecule has 3 aromatic rings. The van der Waals surface area contributed by atoms with E-state index in [0.717, 1.165) is 79.3 Å². The minimum Gasteiger partial charge on any atom is -0.399 e. The maximum atomic E-state index is 11.8. The smallest absolute Gasteiger partial charge is 0.240 e. The molecule has 2 aliphatic heterocycles. The number of rotatable bonds is 5. The molecule has 264 valence electrons. The summed E-state index contributed by atoms with van der Waals surface area (Å²) in [6.07, 6.45) is 2.50. The molecule has 14 heteroatoms. The Hall–Kier alpha value is -0.280. The van der Waals surface area contributed by atoms with Crippen molar-refractivity contribution in [1.29, 1.82) is 0 Å². The summed E-state index contributed by atoms with van der Waals surface area (Å²) in [5, 5.41) is 0.464. The Kier molecular flexibility index (Phi) is 21.5. The first-order chi connectivity index (χ1) is 22.1. The van der Waals surface area contributed by atoms with Gasteiger partial charge in [-0.15, -0.1) is 0 Å². The second kappa shape index (κ2) is 22.6. The van der Waals surface area contributed by atoms with E-state index < -0.39 is 0 Å². The summed E-state index contributed by atoms with van der Waals surface area (Å²) in [7, 11) is 0. The van der Waals surface area contributed by atoms with Gasteiger partial charge in [-0.25, -0.2) is 0 Å². The van der Waals surface area contributed by atoms with Crippen LogP contribution in [0.1, 0.15) is 43.4 Å². The molecule has 0 radical (unpaired) electrons. The van der Waals surface area contributed by atoms with E-state index >= 15 is 0 Å². The van der Waals surface area contributed by atoms with Crippen LogP contribution < -0.4 is 15.5 Å². The molecule has 2 amide bonds. The number of alkyl halides is 4. The van der Waals surface area contributed by atoms with Gasteiger partial charge in [0.1, 0.15) is 0 Å². The molecule has 3 unspecified atom stereocenters. The van der Waals surface area contributed by atoms with E-state index in [-0.39, 0.29) is 39.0 Å². The summed E-state index contributed by atoms with van der Waals surface area (Å²) in [5.41, 5.74) is 11.8. The number of nitrogens with two attached hydrogens (primary N) is 1. The van der Waals surface area contributed by atoms with Crippen molar-refractivity contribution in [3.05, 3.63) is 84.7 Å². The van der Waals surface area contributed by atoms with Gasteiger partial charge in [-0.2, -0.15) is 0 Å². The van der Waals surface area contributed by atoms with E-state index in [1.165, 1.54) is 5.56 Å². The molecule has 6 nitrogen and oxygen atoms in total. The lowest BCUT2D eigenvalue weighted by molar-refractivity contribution is -0.117. The number of carbonyl (C=O) groups is 3. The molecule has 2 aliphatic rings. The molecule has 0 aliphatic carbocycles. The summed E-state index contributed by atoms with van der Waals surface area (Å²) in [6.45, 7) is 7.67. The van der Waals surface area contributed by atoms with Crippen LogP contribution >= 0.6 is 123 Å². The number of aryl methyl sites for hydroxylation is 3. The van der Waals surface area contributed by atoms with Crippen LogP contribution in [0, 0.1) is 20.8 Å². The molecule has 48 heavy (non-hydrogen) atoms. The predicted molar refractivity (Wildman–Crippen MR) is 229 cm³/mol. The minimum atomic E-state index is -0.329. The van der Waals surface area contributed by atoms with E-state index in [1.807, 2.05) is 85.2 Å². The molecule has 2 N–H and O–H groups in total. The van der Waals surface area contributed by atoms with Crippen LogP contribution in [0.4, 0.5) is 17.1 Å². The van der Waals surface area contributed by atoms with Crippen LogP contribution in [-0.2, 0) is 14.4 Å². The van der Waals surface area contributed by atoms with Crippen molar-refractivity contribution in [3.8, 4) is 0 Å². The van der Waals surface area contributed by atoms with Crippen LogP contribution in [0.2, 0.25) is 0 Å². The maximum absolute atomic E-state index is 11.8. The standard InChI is InChI=1S/2C11H11Br2NO.C7H8BrN.C4H5Br2ClO.CH4/c2*1-7-6-8(2-3-9(7)12)14-5-4-10(13)11(14)15;1-5-4-6(9)2-3-7(5)8;5-2-1-3(6)4(7)8;/h2*2-3,6,10H,4-5H2,1H3;2-4H,9H2,1H3;3H,1-2H2;1H4. The quantitative estimate of drug-likeness (QED) is 0.157. The fourth-order valence-electron chi connectivity index (χ4n) is 4.27. The van der Waals surface area contributed by atoms with Gasteiger partial charge >= 0.3 is 0 Å². The van der Waals surface area contributed by atoms with Gasteiger partial charge in [-0.05, 0) is 123 Å². The number of anilines is 3. The molecule has 2 heterocycles. The highest BCUT2D eigenvalue weighted by molar-refractivity contribution is 9.11. The summed E-state index contributed by atoms with van der Waals surface area (Å²) >= 11 is 28.4. The fraction of sp³-hybridized carbons (Fsp3) is 0.382. The summed E-state index contributed by atoms with van der Waals surface area (Å²) in [4.78, 5) is 37.2. The fourth-order valence-corrected chi connectivity index (χ4v) is 7.33. The average Bonchev–Trinajstić information content (AvgIpc) is 3.54. The molecule has 5 rings (SSSR count). The zero-order chi connectivity index (χ0) is 35.4. The molecular weight excluding hydrogens is 1090 g/mol.